The average molecular weight is 492 g/mol. The number of aliphatic hydroxyl groups excluding tert-OH is 2. The van der Waals surface area contributed by atoms with Gasteiger partial charge in [0.15, 0.2) is 16.7 Å². The van der Waals surface area contributed by atoms with Gasteiger partial charge in [-0.1, -0.05) is 25.2 Å². The zero-order valence-corrected chi connectivity index (χ0v) is 20.2. The van der Waals surface area contributed by atoms with Crippen LogP contribution in [0.4, 0.5) is 20.1 Å². The van der Waals surface area contributed by atoms with Crippen LogP contribution in [0, 0.1) is 5.82 Å². The van der Waals surface area contributed by atoms with E-state index in [-0.39, 0.29) is 36.7 Å². The van der Waals surface area contributed by atoms with Crippen molar-refractivity contribution in [2.24, 2.45) is 0 Å². The number of carbonyl (C=O) groups is 1. The average Bonchev–Trinajstić information content (AvgIpc) is 3.21. The first kappa shape index (κ1) is 25.6. The summed E-state index contributed by atoms with van der Waals surface area (Å²) >= 11 is 1.21. The van der Waals surface area contributed by atoms with Crippen LogP contribution in [0.5, 0.6) is 5.75 Å². The molecule has 1 aromatic carbocycles. The van der Waals surface area contributed by atoms with Crippen LogP contribution in [-0.2, 0) is 6.42 Å². The second-order valence-electron chi connectivity index (χ2n) is 7.78. The molecule has 0 aliphatic carbocycles. The molecule has 1 fully saturated rings. The largest absolute Gasteiger partial charge is 0.504 e. The van der Waals surface area contributed by atoms with Gasteiger partial charge in [-0.3, -0.25) is 5.32 Å². The van der Waals surface area contributed by atoms with E-state index in [0.717, 1.165) is 0 Å². The minimum Gasteiger partial charge on any atom is -0.504 e. The molecule has 9 nitrogen and oxygen atoms in total. The highest BCUT2D eigenvalue weighted by atomic mass is 32.1. The van der Waals surface area contributed by atoms with Crippen LogP contribution in [-0.4, -0.2) is 74.6 Å². The van der Waals surface area contributed by atoms with Gasteiger partial charge >= 0.3 is 6.03 Å². The number of aromatic hydroxyl groups is 1. The molecule has 1 aliphatic rings. The molecule has 1 aliphatic heterocycles. The molecule has 3 heterocycles. The zero-order chi connectivity index (χ0) is 24.8. The summed E-state index contributed by atoms with van der Waals surface area (Å²) in [7, 11) is 0. The van der Waals surface area contributed by atoms with Crippen LogP contribution in [0.2, 0.25) is 0 Å². The van der Waals surface area contributed by atoms with Gasteiger partial charge in [0.25, 0.3) is 0 Å². The summed E-state index contributed by atoms with van der Waals surface area (Å²) < 4.78 is 14.0. The van der Waals surface area contributed by atoms with E-state index in [4.69, 9.17) is 5.11 Å². The summed E-state index contributed by atoms with van der Waals surface area (Å²) in [4.78, 5) is 25.0. The smallest absolute Gasteiger partial charge is 0.324 e. The molecule has 4 rings (SSSR count). The Balaban J connectivity index is 0.00000158. The SMILES string of the molecule is CC.C[C@H]1CN(c2ncc(CC(O)CO)cc2O)CCN1C(=O)Nc1nc2ccc(F)cc2s1. The molecule has 0 spiro atoms. The van der Waals surface area contributed by atoms with Gasteiger partial charge in [0.05, 0.1) is 22.9 Å². The van der Waals surface area contributed by atoms with Crippen LogP contribution in [0.1, 0.15) is 26.3 Å². The van der Waals surface area contributed by atoms with Crippen molar-refractivity contribution < 1.29 is 24.5 Å². The van der Waals surface area contributed by atoms with Crippen molar-refractivity contribution in [3.63, 3.8) is 0 Å². The number of halogens is 1. The summed E-state index contributed by atoms with van der Waals surface area (Å²) in [5.74, 6) is 0.0463. The van der Waals surface area contributed by atoms with Crippen LogP contribution in [0.25, 0.3) is 10.2 Å². The second kappa shape index (κ2) is 11.4. The van der Waals surface area contributed by atoms with Crippen LogP contribution < -0.4 is 10.2 Å². The molecule has 2 amide bonds. The summed E-state index contributed by atoms with van der Waals surface area (Å²) in [6.07, 6.45) is 0.854. The number of aromatic nitrogens is 2. The van der Waals surface area contributed by atoms with E-state index < -0.39 is 6.10 Å². The Morgan fingerprint density at radius 3 is 2.76 bits per heavy atom. The number of carbonyl (C=O) groups excluding carboxylic acids is 1. The highest BCUT2D eigenvalue weighted by Crippen LogP contribution is 2.29. The molecule has 0 radical (unpaired) electrons. The number of benzene rings is 1. The number of anilines is 2. The molecule has 2 aromatic heterocycles. The lowest BCUT2D eigenvalue weighted by Crippen LogP contribution is -2.55. The van der Waals surface area contributed by atoms with Crippen molar-refractivity contribution in [1.29, 1.82) is 0 Å². The van der Waals surface area contributed by atoms with E-state index in [9.17, 15) is 19.4 Å². The third-order valence-electron chi connectivity index (χ3n) is 5.34. The number of rotatable bonds is 5. The van der Waals surface area contributed by atoms with E-state index in [1.54, 1.807) is 17.2 Å². The first-order valence-corrected chi connectivity index (χ1v) is 12.0. The highest BCUT2D eigenvalue weighted by Gasteiger charge is 2.29. The van der Waals surface area contributed by atoms with Crippen molar-refractivity contribution >= 4 is 38.5 Å². The van der Waals surface area contributed by atoms with Crippen LogP contribution >= 0.6 is 11.3 Å². The molecule has 3 aromatic rings. The number of hydrogen-bond donors (Lipinski definition) is 4. The molecule has 1 unspecified atom stereocenters. The van der Waals surface area contributed by atoms with E-state index >= 15 is 0 Å². The van der Waals surface area contributed by atoms with E-state index in [1.807, 2.05) is 25.7 Å². The van der Waals surface area contributed by atoms with Gasteiger partial charge in [-0.05, 0) is 36.8 Å². The van der Waals surface area contributed by atoms with Crippen LogP contribution in [0.3, 0.4) is 0 Å². The third kappa shape index (κ3) is 5.91. The summed E-state index contributed by atoms with van der Waals surface area (Å²) in [5.41, 5.74) is 1.25. The maximum atomic E-state index is 13.4. The van der Waals surface area contributed by atoms with Crippen molar-refractivity contribution in [1.82, 2.24) is 14.9 Å². The van der Waals surface area contributed by atoms with Gasteiger partial charge in [-0.15, -0.1) is 0 Å². The minimum atomic E-state index is -0.904. The standard InChI is InChI=1S/C21H24FN5O4S.C2H6/c1-12-10-26(19-17(30)7-13(9-23-19)6-15(29)11-28)4-5-27(12)21(31)25-20-24-16-3-2-14(22)8-18(16)32-20;1-2/h2-3,7-9,12,15,28-30H,4-6,10-11H2,1H3,(H,24,25,31);1-2H3/t12-,15?;/m0./s1. The van der Waals surface area contributed by atoms with Gasteiger partial charge in [0.1, 0.15) is 5.82 Å². The summed E-state index contributed by atoms with van der Waals surface area (Å²) in [6, 6.07) is 5.38. The van der Waals surface area contributed by atoms with E-state index in [1.165, 1.54) is 29.5 Å². The number of thiazole rings is 1. The number of piperazine rings is 1. The molecule has 0 saturated carbocycles. The Hall–Kier alpha value is -3.02. The third-order valence-corrected chi connectivity index (χ3v) is 6.27. The van der Waals surface area contributed by atoms with Crippen molar-refractivity contribution in [3.05, 3.63) is 41.8 Å². The molecule has 2 atom stereocenters. The van der Waals surface area contributed by atoms with Gasteiger partial charge in [-0.2, -0.15) is 0 Å². The molecule has 184 valence electrons. The number of hydrogen-bond acceptors (Lipinski definition) is 8. The lowest BCUT2D eigenvalue weighted by Gasteiger charge is -2.40. The summed E-state index contributed by atoms with van der Waals surface area (Å²) in [5, 5.41) is 32.1. The Labute approximate surface area is 201 Å². The first-order chi connectivity index (χ1) is 16.3. The number of fused-ring (bicyclic) bond motifs is 1. The first-order valence-electron chi connectivity index (χ1n) is 11.2. The van der Waals surface area contributed by atoms with E-state index in [0.29, 0.717) is 46.4 Å². The Kier molecular flexibility index (Phi) is 8.59. The molecule has 1 saturated heterocycles. The minimum absolute atomic E-state index is 0.0144. The molecule has 4 N–H and O–H groups in total. The maximum absolute atomic E-state index is 13.4. The lowest BCUT2D eigenvalue weighted by atomic mass is 10.1. The van der Waals surface area contributed by atoms with Gasteiger partial charge in [-0.25, -0.2) is 19.2 Å². The number of nitrogens with one attached hydrogen (secondary N) is 1. The Morgan fingerprint density at radius 2 is 2.09 bits per heavy atom. The Bertz CT molecular complexity index is 1130. The van der Waals surface area contributed by atoms with Crippen molar-refractivity contribution in [2.45, 2.75) is 39.3 Å². The van der Waals surface area contributed by atoms with Gasteiger partial charge in [0, 0.05) is 38.3 Å². The predicted octanol–water partition coefficient (Wildman–Crippen LogP) is 3.20. The molecular weight excluding hydrogens is 461 g/mol. The monoisotopic (exact) mass is 491 g/mol. The second-order valence-corrected chi connectivity index (χ2v) is 8.81. The number of pyridine rings is 1. The number of amides is 2. The van der Waals surface area contributed by atoms with E-state index in [2.05, 4.69) is 15.3 Å². The number of nitrogens with zero attached hydrogens (tertiary/aromatic N) is 4. The summed E-state index contributed by atoms with van der Waals surface area (Å²) in [6.45, 7) is 6.90. The number of urea groups is 1. The predicted molar refractivity (Wildman–Crippen MR) is 131 cm³/mol. The number of aliphatic hydroxyl groups is 2. The molecule has 0 bridgehead atoms. The molecule has 34 heavy (non-hydrogen) atoms. The lowest BCUT2D eigenvalue weighted by molar-refractivity contribution is 0.0954. The fourth-order valence-electron chi connectivity index (χ4n) is 3.75. The topological polar surface area (TPSA) is 122 Å². The Morgan fingerprint density at radius 1 is 1.32 bits per heavy atom. The van der Waals surface area contributed by atoms with Crippen LogP contribution in [0.15, 0.2) is 30.5 Å². The highest BCUT2D eigenvalue weighted by molar-refractivity contribution is 7.22. The molecular formula is C23H30FN5O4S. The fourth-order valence-corrected chi connectivity index (χ4v) is 4.63. The normalized spacial score (nSPS) is 16.7. The quantitative estimate of drug-likeness (QED) is 0.432. The van der Waals surface area contributed by atoms with Crippen molar-refractivity contribution in [3.8, 4) is 5.75 Å². The van der Waals surface area contributed by atoms with Gasteiger partial charge < -0.3 is 25.1 Å². The van der Waals surface area contributed by atoms with Crippen molar-refractivity contribution in [2.75, 3.05) is 36.5 Å². The molecule has 11 heteroatoms. The maximum Gasteiger partial charge on any atom is 0.324 e. The zero-order valence-electron chi connectivity index (χ0n) is 19.4. The fraction of sp³-hybridized carbons (Fsp3) is 0.435. The van der Waals surface area contributed by atoms with Gasteiger partial charge in [0.2, 0.25) is 0 Å².